The number of aliphatic hydroxyl groups excluding tert-OH is 1. The van der Waals surface area contributed by atoms with Gasteiger partial charge in [0.05, 0.1) is 12.0 Å². The summed E-state index contributed by atoms with van der Waals surface area (Å²) in [5.74, 6) is 0.0862. The Hall–Kier alpha value is -1.98. The van der Waals surface area contributed by atoms with Gasteiger partial charge in [-0.1, -0.05) is 55.8 Å². The molecule has 5 heteroatoms. The van der Waals surface area contributed by atoms with Crippen molar-refractivity contribution in [3.05, 3.63) is 47.5 Å². The Balaban J connectivity index is 1.25. The summed E-state index contributed by atoms with van der Waals surface area (Å²) < 4.78 is 5.82. The average Bonchev–Trinajstić information content (AvgIpc) is 3.11. The number of allylic oxidation sites excluding steroid dienone is 1. The van der Waals surface area contributed by atoms with Gasteiger partial charge in [-0.3, -0.25) is 9.59 Å². The van der Waals surface area contributed by atoms with Crippen LogP contribution in [0.25, 0.3) is 0 Å². The van der Waals surface area contributed by atoms with Crippen molar-refractivity contribution in [3.63, 3.8) is 0 Å². The first-order valence-corrected chi connectivity index (χ1v) is 12.3. The Labute approximate surface area is 190 Å². The molecular formula is C27H35NO4. The Kier molecular flexibility index (Phi) is 5.75. The quantitative estimate of drug-likeness (QED) is 0.440. The molecule has 0 radical (unpaired) electrons. The van der Waals surface area contributed by atoms with Gasteiger partial charge in [0.2, 0.25) is 0 Å². The molecule has 2 aliphatic carbocycles. The van der Waals surface area contributed by atoms with Gasteiger partial charge in [0.25, 0.3) is 0 Å². The van der Waals surface area contributed by atoms with Gasteiger partial charge in [-0.05, 0) is 44.7 Å². The molecule has 0 amide bonds. The van der Waals surface area contributed by atoms with Crippen LogP contribution >= 0.6 is 0 Å². The van der Waals surface area contributed by atoms with Crippen LogP contribution < -0.4 is 0 Å². The van der Waals surface area contributed by atoms with Gasteiger partial charge in [-0.2, -0.15) is 0 Å². The van der Waals surface area contributed by atoms with Crippen LogP contribution in [0.4, 0.5) is 0 Å². The smallest absolute Gasteiger partial charge is 0.311 e. The van der Waals surface area contributed by atoms with E-state index in [9.17, 15) is 14.7 Å². The highest BCUT2D eigenvalue weighted by atomic mass is 16.6. The molecule has 172 valence electrons. The van der Waals surface area contributed by atoms with E-state index in [1.807, 2.05) is 30.3 Å². The number of nitrogens with zero attached hydrogens (tertiary/aromatic N) is 1. The van der Waals surface area contributed by atoms with Crippen molar-refractivity contribution in [1.29, 1.82) is 0 Å². The van der Waals surface area contributed by atoms with E-state index in [-0.39, 0.29) is 41.0 Å². The van der Waals surface area contributed by atoms with Crippen LogP contribution in [0.1, 0.15) is 56.3 Å². The van der Waals surface area contributed by atoms with Gasteiger partial charge in [0, 0.05) is 35.8 Å². The largest absolute Gasteiger partial charge is 0.461 e. The molecule has 0 aromatic heterocycles. The molecule has 2 heterocycles. The minimum atomic E-state index is -0.559. The molecule has 1 aromatic rings. The molecule has 1 saturated carbocycles. The maximum Gasteiger partial charge on any atom is 0.311 e. The number of ether oxygens (including phenoxy) is 1. The fourth-order valence-electron chi connectivity index (χ4n) is 6.77. The number of carbonyl (C=O) groups excluding carboxylic acids is 2. The number of hydrogen-bond donors (Lipinski definition) is 1. The molecule has 5 nitrogen and oxygen atoms in total. The highest BCUT2D eigenvalue weighted by Gasteiger charge is 2.59. The number of benzene rings is 1. The summed E-state index contributed by atoms with van der Waals surface area (Å²) in [5.41, 5.74) is 1.80. The SMILES string of the molecule is C[C@H]1CCC=C2C[C@H]3OC(=O)[C@H](CN4CCC(C(=O)c5ccccc5)CC4)[C@H]3[C@H](O)[C@@]21C. The molecule has 6 atom stereocenters. The number of Topliss-reactive ketones (excluding diaryl/α,β-unsaturated/α-hetero) is 1. The van der Waals surface area contributed by atoms with Crippen LogP contribution in [0.5, 0.6) is 0 Å². The molecule has 1 aromatic carbocycles. The number of likely N-dealkylation sites (tertiary alicyclic amines) is 1. The Morgan fingerprint density at radius 3 is 2.62 bits per heavy atom. The lowest BCUT2D eigenvalue weighted by Crippen LogP contribution is -2.55. The number of fused-ring (bicyclic) bond motifs is 2. The van der Waals surface area contributed by atoms with Crippen molar-refractivity contribution in [3.8, 4) is 0 Å². The van der Waals surface area contributed by atoms with E-state index in [0.717, 1.165) is 50.8 Å². The lowest BCUT2D eigenvalue weighted by atomic mass is 9.55. The molecule has 5 rings (SSSR count). The van der Waals surface area contributed by atoms with Gasteiger partial charge in [0.15, 0.2) is 5.78 Å². The number of carbonyl (C=O) groups is 2. The highest BCUT2D eigenvalue weighted by Crippen LogP contribution is 2.56. The third kappa shape index (κ3) is 3.54. The first-order valence-electron chi connectivity index (χ1n) is 12.3. The van der Waals surface area contributed by atoms with Crippen LogP contribution in [-0.2, 0) is 9.53 Å². The predicted molar refractivity (Wildman–Crippen MR) is 122 cm³/mol. The molecule has 4 aliphatic rings. The molecule has 3 fully saturated rings. The number of rotatable bonds is 4. The van der Waals surface area contributed by atoms with Crippen LogP contribution in [0, 0.1) is 29.1 Å². The van der Waals surface area contributed by atoms with Crippen LogP contribution in [0.15, 0.2) is 42.0 Å². The Morgan fingerprint density at radius 1 is 1.19 bits per heavy atom. The standard InChI is InChI=1S/C27H35NO4/c1-17-7-6-10-20-15-22-23(25(30)27(17,20)2)21(26(31)32-22)16-28-13-11-19(12-14-28)24(29)18-8-4-3-5-9-18/h3-5,8-10,17,19,21-23,25,30H,6-7,11-16H2,1-2H3/t17-,21+,22+,23+,25-,27+/m0/s1. The van der Waals surface area contributed by atoms with E-state index in [1.165, 1.54) is 5.57 Å². The van der Waals surface area contributed by atoms with Crippen molar-refractivity contribution < 1.29 is 19.4 Å². The lowest BCUT2D eigenvalue weighted by molar-refractivity contribution is -0.145. The van der Waals surface area contributed by atoms with Gasteiger partial charge in [0.1, 0.15) is 6.10 Å². The van der Waals surface area contributed by atoms with Crippen molar-refractivity contribution in [2.45, 2.75) is 58.2 Å². The molecular weight excluding hydrogens is 402 g/mol. The summed E-state index contributed by atoms with van der Waals surface area (Å²) in [4.78, 5) is 28.0. The van der Waals surface area contributed by atoms with Crippen LogP contribution in [0.3, 0.4) is 0 Å². The minimum absolute atomic E-state index is 0.0480. The zero-order valence-corrected chi connectivity index (χ0v) is 19.2. The second-order valence-electron chi connectivity index (χ2n) is 10.6. The fraction of sp³-hybridized carbons (Fsp3) is 0.630. The van der Waals surface area contributed by atoms with E-state index in [4.69, 9.17) is 4.74 Å². The first-order chi connectivity index (χ1) is 15.4. The maximum atomic E-state index is 12.9. The van der Waals surface area contributed by atoms with E-state index in [0.29, 0.717) is 12.5 Å². The summed E-state index contributed by atoms with van der Waals surface area (Å²) in [6, 6.07) is 9.54. The molecule has 2 saturated heterocycles. The Bertz CT molecular complexity index is 903. The van der Waals surface area contributed by atoms with Crippen LogP contribution in [0.2, 0.25) is 0 Å². The lowest BCUT2D eigenvalue weighted by Gasteiger charge is -2.52. The third-order valence-corrected chi connectivity index (χ3v) is 9.04. The van der Waals surface area contributed by atoms with E-state index < -0.39 is 6.10 Å². The average molecular weight is 438 g/mol. The maximum absolute atomic E-state index is 12.9. The van der Waals surface area contributed by atoms with Gasteiger partial charge in [-0.25, -0.2) is 0 Å². The van der Waals surface area contributed by atoms with Crippen molar-refractivity contribution >= 4 is 11.8 Å². The van der Waals surface area contributed by atoms with Gasteiger partial charge < -0.3 is 14.7 Å². The molecule has 1 N–H and O–H groups in total. The number of hydrogen-bond acceptors (Lipinski definition) is 5. The molecule has 0 spiro atoms. The topological polar surface area (TPSA) is 66.8 Å². The number of aliphatic hydroxyl groups is 1. The minimum Gasteiger partial charge on any atom is -0.461 e. The summed E-state index contributed by atoms with van der Waals surface area (Å²) in [5, 5.41) is 11.5. The van der Waals surface area contributed by atoms with Crippen molar-refractivity contribution in [2.24, 2.45) is 29.1 Å². The van der Waals surface area contributed by atoms with Gasteiger partial charge in [-0.15, -0.1) is 0 Å². The van der Waals surface area contributed by atoms with Crippen LogP contribution in [-0.4, -0.2) is 53.6 Å². The molecule has 0 bridgehead atoms. The molecule has 32 heavy (non-hydrogen) atoms. The zero-order valence-electron chi connectivity index (χ0n) is 19.2. The summed E-state index contributed by atoms with van der Waals surface area (Å²) in [6.45, 7) is 6.65. The first kappa shape index (κ1) is 21.8. The zero-order chi connectivity index (χ0) is 22.5. The summed E-state index contributed by atoms with van der Waals surface area (Å²) >= 11 is 0. The monoisotopic (exact) mass is 437 g/mol. The summed E-state index contributed by atoms with van der Waals surface area (Å²) in [7, 11) is 0. The molecule has 2 aliphatic heterocycles. The van der Waals surface area contributed by atoms with E-state index in [1.54, 1.807) is 0 Å². The second kappa shape index (κ2) is 8.42. The van der Waals surface area contributed by atoms with E-state index in [2.05, 4.69) is 24.8 Å². The number of piperidine rings is 1. The normalized spacial score (nSPS) is 37.9. The number of ketones is 1. The van der Waals surface area contributed by atoms with Crippen molar-refractivity contribution in [2.75, 3.05) is 19.6 Å². The van der Waals surface area contributed by atoms with Gasteiger partial charge >= 0.3 is 5.97 Å². The highest BCUT2D eigenvalue weighted by molar-refractivity contribution is 5.97. The van der Waals surface area contributed by atoms with E-state index >= 15 is 0 Å². The summed E-state index contributed by atoms with van der Waals surface area (Å²) in [6.07, 6.45) is 6.02. The fourth-order valence-corrected chi connectivity index (χ4v) is 6.77. The molecule has 0 unspecified atom stereocenters. The van der Waals surface area contributed by atoms with Crippen molar-refractivity contribution in [1.82, 2.24) is 4.90 Å². The third-order valence-electron chi connectivity index (χ3n) is 9.04. The predicted octanol–water partition coefficient (Wildman–Crippen LogP) is 3.87. The second-order valence-corrected chi connectivity index (χ2v) is 10.6. The number of esters is 1. The Morgan fingerprint density at radius 2 is 1.91 bits per heavy atom.